The Morgan fingerprint density at radius 3 is 2.38 bits per heavy atom. The summed E-state index contributed by atoms with van der Waals surface area (Å²) in [7, 11) is 1.99. The van der Waals surface area contributed by atoms with Crippen LogP contribution in [0.25, 0.3) is 0 Å². The van der Waals surface area contributed by atoms with Gasteiger partial charge in [0.2, 0.25) is 0 Å². The van der Waals surface area contributed by atoms with Gasteiger partial charge >= 0.3 is 0 Å². The molecule has 0 heterocycles. The van der Waals surface area contributed by atoms with Gasteiger partial charge in [-0.2, -0.15) is 5.26 Å². The van der Waals surface area contributed by atoms with Crippen molar-refractivity contribution >= 4 is 17.3 Å². The Kier molecular flexibility index (Phi) is 6.49. The normalized spacial score (nSPS) is 11.2. The van der Waals surface area contributed by atoms with E-state index in [1.807, 2.05) is 49.5 Å². The molecule has 1 N–H and O–H groups in total. The lowest BCUT2D eigenvalue weighted by Crippen LogP contribution is -2.31. The second-order valence-electron chi connectivity index (χ2n) is 6.74. The molecule has 0 aliphatic rings. The molecule has 3 rings (SSSR count). The number of para-hydroxylation sites is 2. The van der Waals surface area contributed by atoms with Crippen molar-refractivity contribution in [2.24, 2.45) is 0 Å². The van der Waals surface area contributed by atoms with Gasteiger partial charge in [0.05, 0.1) is 23.0 Å². The SMILES string of the molecule is CC(Oc1ccc(C#N)cc1)C(=O)Nc1ccccc1N(C)Cc1ccccc1. The van der Waals surface area contributed by atoms with E-state index in [4.69, 9.17) is 10.00 Å². The van der Waals surface area contributed by atoms with Crippen LogP contribution in [-0.2, 0) is 11.3 Å². The number of anilines is 2. The predicted molar refractivity (Wildman–Crippen MR) is 115 cm³/mol. The number of rotatable bonds is 7. The first-order chi connectivity index (χ1) is 14.1. The molecule has 5 heteroatoms. The summed E-state index contributed by atoms with van der Waals surface area (Å²) in [5.74, 6) is 0.302. The Morgan fingerprint density at radius 1 is 1.03 bits per heavy atom. The molecular formula is C24H23N3O2. The summed E-state index contributed by atoms with van der Waals surface area (Å²) >= 11 is 0. The largest absolute Gasteiger partial charge is 0.481 e. The maximum absolute atomic E-state index is 12.7. The van der Waals surface area contributed by atoms with E-state index in [1.165, 1.54) is 5.56 Å². The molecule has 0 aromatic heterocycles. The van der Waals surface area contributed by atoms with Crippen LogP contribution in [-0.4, -0.2) is 19.1 Å². The molecule has 1 amide bonds. The fraction of sp³-hybridized carbons (Fsp3) is 0.167. The van der Waals surface area contributed by atoms with Gasteiger partial charge in [0.15, 0.2) is 6.10 Å². The third-order valence-electron chi connectivity index (χ3n) is 4.50. The second-order valence-corrected chi connectivity index (χ2v) is 6.74. The topological polar surface area (TPSA) is 65.4 Å². The van der Waals surface area contributed by atoms with Gasteiger partial charge in [0.1, 0.15) is 5.75 Å². The average Bonchev–Trinajstić information content (AvgIpc) is 2.75. The zero-order valence-electron chi connectivity index (χ0n) is 16.5. The van der Waals surface area contributed by atoms with Crippen LogP contribution >= 0.6 is 0 Å². The van der Waals surface area contributed by atoms with Crippen molar-refractivity contribution in [3.63, 3.8) is 0 Å². The Morgan fingerprint density at radius 2 is 1.69 bits per heavy atom. The van der Waals surface area contributed by atoms with Crippen LogP contribution in [0.1, 0.15) is 18.1 Å². The van der Waals surface area contributed by atoms with E-state index in [0.29, 0.717) is 11.3 Å². The van der Waals surface area contributed by atoms with Crippen LogP contribution in [0, 0.1) is 11.3 Å². The molecule has 29 heavy (non-hydrogen) atoms. The van der Waals surface area contributed by atoms with Gasteiger partial charge in [0, 0.05) is 13.6 Å². The Balaban J connectivity index is 1.67. The molecule has 3 aromatic rings. The molecule has 1 unspecified atom stereocenters. The molecule has 146 valence electrons. The molecule has 3 aromatic carbocycles. The van der Waals surface area contributed by atoms with Gasteiger partial charge in [0.25, 0.3) is 5.91 Å². The van der Waals surface area contributed by atoms with Gasteiger partial charge in [-0.05, 0) is 48.9 Å². The third-order valence-corrected chi connectivity index (χ3v) is 4.50. The standard InChI is InChI=1S/C24H23N3O2/c1-18(29-21-14-12-19(16-25)13-15-21)24(28)26-22-10-6-7-11-23(22)27(2)17-20-8-4-3-5-9-20/h3-15,18H,17H2,1-2H3,(H,26,28). The second kappa shape index (κ2) is 9.43. The fourth-order valence-corrected chi connectivity index (χ4v) is 2.95. The van der Waals surface area contributed by atoms with E-state index in [0.717, 1.165) is 17.9 Å². The summed E-state index contributed by atoms with van der Waals surface area (Å²) in [6, 6.07) is 26.6. The Bertz CT molecular complexity index is 995. The molecule has 0 aliphatic carbocycles. The van der Waals surface area contributed by atoms with Gasteiger partial charge < -0.3 is 15.0 Å². The predicted octanol–water partition coefficient (Wildman–Crippen LogP) is 4.60. The fourth-order valence-electron chi connectivity index (χ4n) is 2.95. The summed E-state index contributed by atoms with van der Waals surface area (Å²) in [5.41, 5.74) is 3.39. The number of nitrogens with zero attached hydrogens (tertiary/aromatic N) is 2. The highest BCUT2D eigenvalue weighted by atomic mass is 16.5. The Labute approximate surface area is 171 Å². The van der Waals surface area contributed by atoms with E-state index in [-0.39, 0.29) is 5.91 Å². The highest BCUT2D eigenvalue weighted by Crippen LogP contribution is 2.26. The number of carbonyl (C=O) groups is 1. The van der Waals surface area contributed by atoms with Crippen molar-refractivity contribution in [3.05, 3.63) is 90.0 Å². The lowest BCUT2D eigenvalue weighted by molar-refractivity contribution is -0.122. The van der Waals surface area contributed by atoms with Crippen LogP contribution in [0.5, 0.6) is 5.75 Å². The van der Waals surface area contributed by atoms with E-state index in [1.54, 1.807) is 31.2 Å². The number of hydrogen-bond acceptors (Lipinski definition) is 4. The molecular weight excluding hydrogens is 362 g/mol. The highest BCUT2D eigenvalue weighted by molar-refractivity contribution is 5.97. The molecule has 0 aliphatic heterocycles. The van der Waals surface area contributed by atoms with Gasteiger partial charge in [-0.25, -0.2) is 0 Å². The van der Waals surface area contributed by atoms with E-state index < -0.39 is 6.10 Å². The number of hydrogen-bond donors (Lipinski definition) is 1. The highest BCUT2D eigenvalue weighted by Gasteiger charge is 2.17. The number of benzene rings is 3. The lowest BCUT2D eigenvalue weighted by Gasteiger charge is -2.23. The van der Waals surface area contributed by atoms with Gasteiger partial charge in [-0.3, -0.25) is 4.79 Å². The van der Waals surface area contributed by atoms with E-state index >= 15 is 0 Å². The summed E-state index contributed by atoms with van der Waals surface area (Å²) in [5, 5.41) is 11.8. The summed E-state index contributed by atoms with van der Waals surface area (Å²) in [4.78, 5) is 14.8. The quantitative estimate of drug-likeness (QED) is 0.645. The maximum Gasteiger partial charge on any atom is 0.265 e. The third kappa shape index (κ3) is 5.36. The first-order valence-corrected chi connectivity index (χ1v) is 9.38. The molecule has 0 saturated heterocycles. The van der Waals surface area contributed by atoms with Crippen molar-refractivity contribution in [1.82, 2.24) is 0 Å². The van der Waals surface area contributed by atoms with E-state index in [9.17, 15) is 4.79 Å². The van der Waals surface area contributed by atoms with E-state index in [2.05, 4.69) is 28.4 Å². The minimum absolute atomic E-state index is 0.241. The minimum Gasteiger partial charge on any atom is -0.481 e. The lowest BCUT2D eigenvalue weighted by atomic mass is 10.2. The molecule has 1 atom stereocenters. The zero-order chi connectivity index (χ0) is 20.6. The average molecular weight is 385 g/mol. The summed E-state index contributed by atoms with van der Waals surface area (Å²) < 4.78 is 5.71. The van der Waals surface area contributed by atoms with Gasteiger partial charge in [-0.15, -0.1) is 0 Å². The molecule has 0 spiro atoms. The number of nitriles is 1. The number of ether oxygens (including phenoxy) is 1. The van der Waals surface area contributed by atoms with Crippen LogP contribution < -0.4 is 15.0 Å². The molecule has 0 radical (unpaired) electrons. The van der Waals surface area contributed by atoms with Crippen molar-refractivity contribution < 1.29 is 9.53 Å². The van der Waals surface area contributed by atoms with Crippen molar-refractivity contribution in [2.75, 3.05) is 17.3 Å². The zero-order valence-corrected chi connectivity index (χ0v) is 16.5. The number of amides is 1. The Hall–Kier alpha value is -3.78. The van der Waals surface area contributed by atoms with Crippen LogP contribution in [0.4, 0.5) is 11.4 Å². The number of carbonyl (C=O) groups excluding carboxylic acids is 1. The molecule has 0 saturated carbocycles. The van der Waals surface area contributed by atoms with Crippen molar-refractivity contribution in [1.29, 1.82) is 5.26 Å². The van der Waals surface area contributed by atoms with Crippen LogP contribution in [0.15, 0.2) is 78.9 Å². The van der Waals surface area contributed by atoms with Crippen molar-refractivity contribution in [3.8, 4) is 11.8 Å². The molecule has 0 bridgehead atoms. The molecule has 5 nitrogen and oxygen atoms in total. The maximum atomic E-state index is 12.7. The first kappa shape index (κ1) is 20.0. The van der Waals surface area contributed by atoms with Crippen LogP contribution in [0.2, 0.25) is 0 Å². The molecule has 0 fully saturated rings. The minimum atomic E-state index is -0.685. The summed E-state index contributed by atoms with van der Waals surface area (Å²) in [6.07, 6.45) is -0.685. The monoisotopic (exact) mass is 385 g/mol. The van der Waals surface area contributed by atoms with Gasteiger partial charge in [-0.1, -0.05) is 42.5 Å². The van der Waals surface area contributed by atoms with Crippen LogP contribution in [0.3, 0.4) is 0 Å². The first-order valence-electron chi connectivity index (χ1n) is 9.38. The number of nitrogens with one attached hydrogen (secondary N) is 1. The van der Waals surface area contributed by atoms with Crippen molar-refractivity contribution in [2.45, 2.75) is 19.6 Å². The smallest absolute Gasteiger partial charge is 0.265 e. The summed E-state index contributed by atoms with van der Waals surface area (Å²) in [6.45, 7) is 2.43.